The molecular formula is C18H19AsO4. The summed E-state index contributed by atoms with van der Waals surface area (Å²) in [6.07, 6.45) is 0.356. The van der Waals surface area contributed by atoms with Gasteiger partial charge < -0.3 is 0 Å². The normalized spacial score (nSPS) is 12.4. The Morgan fingerprint density at radius 2 is 1.57 bits per heavy atom. The number of aliphatic hydroxyl groups is 1. The first kappa shape index (κ1) is 17.5. The van der Waals surface area contributed by atoms with E-state index in [1.54, 1.807) is 12.1 Å². The number of carboxylic acids is 1. The van der Waals surface area contributed by atoms with Crippen molar-refractivity contribution in [3.05, 3.63) is 60.2 Å². The Labute approximate surface area is 141 Å². The van der Waals surface area contributed by atoms with E-state index in [1.807, 2.05) is 42.5 Å². The Hall–Kier alpha value is -1.90. The Bertz CT molecular complexity index is 652. The molecule has 0 saturated carbocycles. The monoisotopic (exact) mass is 374 g/mol. The van der Waals surface area contributed by atoms with Crippen LogP contribution in [0.2, 0.25) is 4.71 Å². The van der Waals surface area contributed by atoms with Crippen LogP contribution in [-0.4, -0.2) is 43.1 Å². The second-order valence-corrected chi connectivity index (χ2v) is 8.50. The quantitative estimate of drug-likeness (QED) is 0.697. The van der Waals surface area contributed by atoms with Crippen LogP contribution < -0.4 is 0 Å². The van der Waals surface area contributed by atoms with Crippen molar-refractivity contribution in [3.8, 4) is 11.1 Å². The second kappa shape index (κ2) is 8.66. The van der Waals surface area contributed by atoms with Gasteiger partial charge in [0.15, 0.2) is 0 Å². The molecule has 0 aromatic heterocycles. The van der Waals surface area contributed by atoms with Crippen LogP contribution in [0.25, 0.3) is 11.1 Å². The average Bonchev–Trinajstić information content (AvgIpc) is 2.59. The van der Waals surface area contributed by atoms with E-state index in [2.05, 4.69) is 0 Å². The summed E-state index contributed by atoms with van der Waals surface area (Å²) in [5, 5.41) is 18.0. The van der Waals surface area contributed by atoms with Crippen LogP contribution in [0.1, 0.15) is 23.2 Å². The topological polar surface area (TPSA) is 74.6 Å². The van der Waals surface area contributed by atoms with Gasteiger partial charge in [0, 0.05) is 0 Å². The van der Waals surface area contributed by atoms with Crippen LogP contribution in [0, 0.1) is 0 Å². The fourth-order valence-corrected chi connectivity index (χ4v) is 4.49. The Morgan fingerprint density at radius 3 is 2.13 bits per heavy atom. The summed E-state index contributed by atoms with van der Waals surface area (Å²) in [7, 11) is 0. The molecule has 120 valence electrons. The number of benzene rings is 2. The van der Waals surface area contributed by atoms with Gasteiger partial charge in [-0.25, -0.2) is 0 Å². The molecule has 0 bridgehead atoms. The van der Waals surface area contributed by atoms with Crippen molar-refractivity contribution in [2.45, 2.75) is 17.5 Å². The van der Waals surface area contributed by atoms with E-state index in [1.165, 1.54) is 0 Å². The molecule has 0 saturated heterocycles. The van der Waals surface area contributed by atoms with Gasteiger partial charge in [0.25, 0.3) is 0 Å². The first-order valence-corrected chi connectivity index (χ1v) is 9.65. The summed E-state index contributed by atoms with van der Waals surface area (Å²) in [6.45, 7) is -0.124. The van der Waals surface area contributed by atoms with Gasteiger partial charge in [0.2, 0.25) is 0 Å². The van der Waals surface area contributed by atoms with E-state index >= 15 is 0 Å². The number of carbonyl (C=O) groups excluding carboxylic acids is 1. The Morgan fingerprint density at radius 1 is 0.957 bits per heavy atom. The van der Waals surface area contributed by atoms with Gasteiger partial charge in [-0.3, -0.25) is 0 Å². The molecule has 0 fully saturated rings. The third-order valence-electron chi connectivity index (χ3n) is 3.52. The van der Waals surface area contributed by atoms with Gasteiger partial charge in [-0.1, -0.05) is 0 Å². The van der Waals surface area contributed by atoms with E-state index < -0.39 is 21.7 Å². The minimum absolute atomic E-state index is 0.00501. The zero-order valence-electron chi connectivity index (χ0n) is 12.6. The molecule has 2 unspecified atom stereocenters. The summed E-state index contributed by atoms with van der Waals surface area (Å²) in [5.74, 6) is -0.894. The number of rotatable bonds is 8. The zero-order chi connectivity index (χ0) is 16.7. The summed E-state index contributed by atoms with van der Waals surface area (Å²) in [4.78, 5) is 22.9. The molecular weight excluding hydrogens is 355 g/mol. The average molecular weight is 374 g/mol. The minimum atomic E-state index is -1.08. The number of carbonyl (C=O) groups is 2. The summed E-state index contributed by atoms with van der Waals surface area (Å²) >= 11 is -1.08. The number of aliphatic carboxylic acids is 1. The summed E-state index contributed by atoms with van der Waals surface area (Å²) < 4.78 is -0.138. The molecule has 0 aliphatic heterocycles. The number of aliphatic hydroxyl groups excluding tert-OH is 1. The molecule has 0 radical (unpaired) electrons. The zero-order valence-corrected chi connectivity index (χ0v) is 14.7. The van der Waals surface area contributed by atoms with Crippen LogP contribution in [0.4, 0.5) is 0 Å². The number of hydrogen-bond donors (Lipinski definition) is 2. The van der Waals surface area contributed by atoms with Crippen LogP contribution >= 0.6 is 0 Å². The van der Waals surface area contributed by atoms with Gasteiger partial charge in [-0.05, 0) is 0 Å². The fourth-order valence-electron chi connectivity index (χ4n) is 2.22. The molecule has 2 atom stereocenters. The Kier molecular flexibility index (Phi) is 6.57. The van der Waals surface area contributed by atoms with Gasteiger partial charge >= 0.3 is 142 Å². The standard InChI is InChI=1S/C18H19AsO4/c20-12-16(10-11-17(21)22)19-18(23)15-8-6-14(7-9-15)13-4-2-1-3-5-13/h1-9,16,19-20H,10-12H2,(H,21,22). The van der Waals surface area contributed by atoms with Crippen LogP contribution in [0.5, 0.6) is 0 Å². The third kappa shape index (κ3) is 5.34. The molecule has 5 heteroatoms. The predicted octanol–water partition coefficient (Wildman–Crippen LogP) is 2.58. The van der Waals surface area contributed by atoms with Gasteiger partial charge in [0.05, 0.1) is 0 Å². The van der Waals surface area contributed by atoms with Crippen molar-refractivity contribution in [2.75, 3.05) is 6.61 Å². The van der Waals surface area contributed by atoms with E-state index in [-0.39, 0.29) is 22.3 Å². The Balaban J connectivity index is 2.01. The van der Waals surface area contributed by atoms with Gasteiger partial charge in [-0.2, -0.15) is 0 Å². The maximum absolute atomic E-state index is 12.3. The maximum atomic E-state index is 12.3. The molecule has 0 amide bonds. The van der Waals surface area contributed by atoms with Gasteiger partial charge in [-0.15, -0.1) is 0 Å². The molecule has 23 heavy (non-hydrogen) atoms. The van der Waals surface area contributed by atoms with E-state index in [0.29, 0.717) is 12.0 Å². The van der Waals surface area contributed by atoms with Gasteiger partial charge in [0.1, 0.15) is 0 Å². The number of hydrogen-bond acceptors (Lipinski definition) is 3. The van der Waals surface area contributed by atoms with Crippen LogP contribution in [0.15, 0.2) is 54.6 Å². The molecule has 2 aromatic rings. The molecule has 2 aromatic carbocycles. The molecule has 0 spiro atoms. The molecule has 4 nitrogen and oxygen atoms in total. The van der Waals surface area contributed by atoms with E-state index in [0.717, 1.165) is 11.1 Å². The van der Waals surface area contributed by atoms with Crippen LogP contribution in [0.3, 0.4) is 0 Å². The second-order valence-electron chi connectivity index (χ2n) is 5.23. The molecule has 2 N–H and O–H groups in total. The SMILES string of the molecule is O=C(O)CCC(CO)[AsH]C(=O)c1ccc(-c2ccccc2)cc1. The third-order valence-corrected chi connectivity index (χ3v) is 6.52. The van der Waals surface area contributed by atoms with Crippen molar-refractivity contribution in [1.29, 1.82) is 0 Å². The predicted molar refractivity (Wildman–Crippen MR) is 91.1 cm³/mol. The van der Waals surface area contributed by atoms with Crippen LogP contribution in [-0.2, 0) is 4.79 Å². The first-order chi connectivity index (χ1) is 11.1. The van der Waals surface area contributed by atoms with Crippen molar-refractivity contribution in [1.82, 2.24) is 0 Å². The first-order valence-electron chi connectivity index (χ1n) is 7.39. The fraction of sp³-hybridized carbons (Fsp3) is 0.222. The number of carboxylic acid groups (broad SMARTS) is 1. The van der Waals surface area contributed by atoms with Crippen molar-refractivity contribution in [3.63, 3.8) is 0 Å². The van der Waals surface area contributed by atoms with Crippen molar-refractivity contribution in [2.24, 2.45) is 0 Å². The summed E-state index contributed by atoms with van der Waals surface area (Å²) in [5.41, 5.74) is 2.78. The van der Waals surface area contributed by atoms with Crippen molar-refractivity contribution >= 4 is 26.3 Å². The van der Waals surface area contributed by atoms with E-state index in [9.17, 15) is 14.7 Å². The molecule has 0 aliphatic rings. The molecule has 0 aliphatic carbocycles. The molecule has 0 heterocycles. The summed E-state index contributed by atoms with van der Waals surface area (Å²) in [6, 6.07) is 17.4. The van der Waals surface area contributed by atoms with Crippen molar-refractivity contribution < 1.29 is 19.8 Å². The molecule has 2 rings (SSSR count). The van der Waals surface area contributed by atoms with E-state index in [4.69, 9.17) is 5.11 Å².